The maximum absolute atomic E-state index is 13.5. The first kappa shape index (κ1) is 15.6. The minimum atomic E-state index is -1.06. The molecule has 2 aromatic carbocycles. The van der Waals surface area contributed by atoms with Gasteiger partial charge in [-0.15, -0.1) is 11.8 Å². The van der Waals surface area contributed by atoms with Gasteiger partial charge in [0, 0.05) is 16.7 Å². The van der Waals surface area contributed by atoms with E-state index in [-0.39, 0.29) is 0 Å². The molecule has 0 fully saturated rings. The minimum absolute atomic E-state index is 0.391. The van der Waals surface area contributed by atoms with Crippen LogP contribution in [0.3, 0.4) is 0 Å². The molecule has 21 heavy (non-hydrogen) atoms. The summed E-state index contributed by atoms with van der Waals surface area (Å²) < 4.78 is 13.5. The van der Waals surface area contributed by atoms with Gasteiger partial charge in [-0.2, -0.15) is 0 Å². The van der Waals surface area contributed by atoms with Crippen LogP contribution < -0.4 is 0 Å². The summed E-state index contributed by atoms with van der Waals surface area (Å²) in [5.41, 5.74) is 1.29. The van der Waals surface area contributed by atoms with E-state index in [0.29, 0.717) is 16.3 Å². The van der Waals surface area contributed by atoms with Crippen molar-refractivity contribution in [3.8, 4) is 0 Å². The molecule has 0 aliphatic heterocycles. The molecule has 0 amide bonds. The Morgan fingerprint density at radius 2 is 2.05 bits per heavy atom. The van der Waals surface area contributed by atoms with Crippen LogP contribution in [0.2, 0.25) is 5.02 Å². The fourth-order valence-corrected chi connectivity index (χ4v) is 2.91. The average molecular weight is 323 g/mol. The van der Waals surface area contributed by atoms with Gasteiger partial charge in [-0.1, -0.05) is 29.8 Å². The lowest BCUT2D eigenvalue weighted by Gasteiger charge is -2.05. The van der Waals surface area contributed by atoms with Crippen LogP contribution in [-0.2, 0) is 10.5 Å². The summed E-state index contributed by atoms with van der Waals surface area (Å²) in [6, 6.07) is 11.9. The van der Waals surface area contributed by atoms with E-state index in [1.807, 2.05) is 18.2 Å². The average Bonchev–Trinajstić information content (AvgIpc) is 2.44. The van der Waals surface area contributed by atoms with Gasteiger partial charge in [0.25, 0.3) is 0 Å². The molecule has 5 heteroatoms. The molecular formula is C16H12ClFO2S. The van der Waals surface area contributed by atoms with Crippen molar-refractivity contribution in [1.82, 2.24) is 0 Å². The van der Waals surface area contributed by atoms with E-state index in [0.717, 1.165) is 16.5 Å². The first-order valence-electron chi connectivity index (χ1n) is 6.12. The molecule has 0 unspecified atom stereocenters. The van der Waals surface area contributed by atoms with E-state index in [2.05, 4.69) is 0 Å². The number of halogens is 2. The standard InChI is InChI=1S/C16H12ClFO2S/c17-14-3-1-2-4-15(14)21-10-12-7-11(5-6-16(19)20)8-13(18)9-12/h1-9H,10H2,(H,19,20). The summed E-state index contributed by atoms with van der Waals surface area (Å²) in [6.07, 6.45) is 2.36. The number of thioether (sulfide) groups is 1. The Hall–Kier alpha value is -1.78. The zero-order valence-corrected chi connectivity index (χ0v) is 12.5. The maximum Gasteiger partial charge on any atom is 0.328 e. The van der Waals surface area contributed by atoms with Gasteiger partial charge in [0.1, 0.15) is 5.82 Å². The predicted molar refractivity (Wildman–Crippen MR) is 84.1 cm³/mol. The van der Waals surface area contributed by atoms with Crippen molar-refractivity contribution in [2.45, 2.75) is 10.6 Å². The van der Waals surface area contributed by atoms with E-state index >= 15 is 0 Å². The molecule has 2 aromatic rings. The monoisotopic (exact) mass is 322 g/mol. The molecule has 2 rings (SSSR count). The minimum Gasteiger partial charge on any atom is -0.478 e. The van der Waals surface area contributed by atoms with Crippen LogP contribution >= 0.6 is 23.4 Å². The number of hydrogen-bond donors (Lipinski definition) is 1. The molecule has 0 bridgehead atoms. The van der Waals surface area contributed by atoms with Gasteiger partial charge < -0.3 is 5.11 Å². The number of carbonyl (C=O) groups is 1. The molecule has 2 nitrogen and oxygen atoms in total. The molecular weight excluding hydrogens is 311 g/mol. The molecule has 0 radical (unpaired) electrons. The van der Waals surface area contributed by atoms with Crippen molar-refractivity contribution >= 4 is 35.4 Å². The van der Waals surface area contributed by atoms with E-state index in [9.17, 15) is 9.18 Å². The Morgan fingerprint density at radius 3 is 2.76 bits per heavy atom. The Morgan fingerprint density at radius 1 is 1.29 bits per heavy atom. The number of rotatable bonds is 5. The second-order valence-corrected chi connectivity index (χ2v) is 5.71. The van der Waals surface area contributed by atoms with E-state index in [1.54, 1.807) is 12.1 Å². The third kappa shape index (κ3) is 4.92. The highest BCUT2D eigenvalue weighted by molar-refractivity contribution is 7.98. The Balaban J connectivity index is 2.13. The topological polar surface area (TPSA) is 37.3 Å². The number of carboxylic acid groups (broad SMARTS) is 1. The second kappa shape index (κ2) is 7.29. The third-order valence-electron chi connectivity index (χ3n) is 2.63. The van der Waals surface area contributed by atoms with Gasteiger partial charge in [-0.3, -0.25) is 0 Å². The molecule has 0 aliphatic rings. The second-order valence-electron chi connectivity index (χ2n) is 4.28. The molecule has 0 saturated carbocycles. The molecule has 1 N–H and O–H groups in total. The lowest BCUT2D eigenvalue weighted by atomic mass is 10.1. The van der Waals surface area contributed by atoms with Gasteiger partial charge in [-0.25, -0.2) is 9.18 Å². The van der Waals surface area contributed by atoms with Crippen molar-refractivity contribution in [2.75, 3.05) is 0 Å². The lowest BCUT2D eigenvalue weighted by molar-refractivity contribution is -0.131. The van der Waals surface area contributed by atoms with Crippen LogP contribution in [0.15, 0.2) is 53.4 Å². The quantitative estimate of drug-likeness (QED) is 0.630. The molecule has 0 heterocycles. The zero-order valence-electron chi connectivity index (χ0n) is 10.9. The summed E-state index contributed by atoms with van der Waals surface area (Å²) >= 11 is 7.57. The number of carboxylic acids is 1. The predicted octanol–water partition coefficient (Wildman–Crippen LogP) is 4.87. The first-order valence-corrected chi connectivity index (χ1v) is 7.49. The van der Waals surface area contributed by atoms with Crippen molar-refractivity contribution in [3.05, 3.63) is 70.5 Å². The van der Waals surface area contributed by atoms with Gasteiger partial charge in [0.05, 0.1) is 5.02 Å². The highest BCUT2D eigenvalue weighted by Crippen LogP contribution is 2.29. The molecule has 108 valence electrons. The van der Waals surface area contributed by atoms with Crippen molar-refractivity contribution in [1.29, 1.82) is 0 Å². The highest BCUT2D eigenvalue weighted by atomic mass is 35.5. The van der Waals surface area contributed by atoms with Crippen molar-refractivity contribution in [2.24, 2.45) is 0 Å². The fourth-order valence-electron chi connectivity index (χ4n) is 1.75. The third-order valence-corrected chi connectivity index (χ3v) is 4.22. The fraction of sp³-hybridized carbons (Fsp3) is 0.0625. The number of hydrogen-bond acceptors (Lipinski definition) is 2. The summed E-state index contributed by atoms with van der Waals surface area (Å²) in [7, 11) is 0. The van der Waals surface area contributed by atoms with Crippen LogP contribution in [0.1, 0.15) is 11.1 Å². The zero-order chi connectivity index (χ0) is 15.2. The van der Waals surface area contributed by atoms with Gasteiger partial charge >= 0.3 is 5.97 Å². The maximum atomic E-state index is 13.5. The molecule has 0 aromatic heterocycles. The largest absolute Gasteiger partial charge is 0.478 e. The van der Waals surface area contributed by atoms with Gasteiger partial charge in [0.2, 0.25) is 0 Å². The Kier molecular flexibility index (Phi) is 5.42. The van der Waals surface area contributed by atoms with E-state index < -0.39 is 11.8 Å². The molecule has 0 aliphatic carbocycles. The van der Waals surface area contributed by atoms with Crippen molar-refractivity contribution < 1.29 is 14.3 Å². The highest BCUT2D eigenvalue weighted by Gasteiger charge is 2.03. The summed E-state index contributed by atoms with van der Waals surface area (Å²) in [5, 5.41) is 9.25. The Bertz CT molecular complexity index is 686. The van der Waals surface area contributed by atoms with Crippen molar-refractivity contribution in [3.63, 3.8) is 0 Å². The normalized spacial score (nSPS) is 11.0. The lowest BCUT2D eigenvalue weighted by Crippen LogP contribution is -1.89. The van der Waals surface area contributed by atoms with Crippen LogP contribution in [-0.4, -0.2) is 11.1 Å². The van der Waals surface area contributed by atoms with Gasteiger partial charge in [-0.05, 0) is 41.5 Å². The van der Waals surface area contributed by atoms with Gasteiger partial charge in [0.15, 0.2) is 0 Å². The van der Waals surface area contributed by atoms with Crippen LogP contribution in [0.4, 0.5) is 4.39 Å². The van der Waals surface area contributed by atoms with E-state index in [1.165, 1.54) is 30.0 Å². The van der Waals surface area contributed by atoms with Crippen LogP contribution in [0, 0.1) is 5.82 Å². The summed E-state index contributed by atoms with van der Waals surface area (Å²) in [6.45, 7) is 0. The number of aliphatic carboxylic acids is 1. The SMILES string of the molecule is O=C(O)C=Cc1cc(F)cc(CSc2ccccc2Cl)c1. The summed E-state index contributed by atoms with van der Waals surface area (Å²) in [5.74, 6) is -0.904. The summed E-state index contributed by atoms with van der Waals surface area (Å²) in [4.78, 5) is 11.4. The first-order chi connectivity index (χ1) is 10.0. The molecule has 0 atom stereocenters. The molecule has 0 spiro atoms. The smallest absolute Gasteiger partial charge is 0.328 e. The molecule has 0 saturated heterocycles. The Labute approximate surface area is 131 Å². The van der Waals surface area contributed by atoms with Crippen LogP contribution in [0.5, 0.6) is 0 Å². The van der Waals surface area contributed by atoms with E-state index in [4.69, 9.17) is 16.7 Å². The number of benzene rings is 2. The van der Waals surface area contributed by atoms with Crippen LogP contribution in [0.25, 0.3) is 6.08 Å².